The summed E-state index contributed by atoms with van der Waals surface area (Å²) in [6.45, 7) is 0. The van der Waals surface area contributed by atoms with Gasteiger partial charge >= 0.3 is 0 Å². The van der Waals surface area contributed by atoms with Crippen LogP contribution in [0.5, 0.6) is 0 Å². The number of hydrogen-bond donors (Lipinski definition) is 1. The highest BCUT2D eigenvalue weighted by Gasteiger charge is 2.03. The van der Waals surface area contributed by atoms with Gasteiger partial charge in [0.05, 0.1) is 0 Å². The van der Waals surface area contributed by atoms with Crippen molar-refractivity contribution in [3.8, 4) is 11.8 Å². The van der Waals surface area contributed by atoms with Crippen molar-refractivity contribution in [2.75, 3.05) is 5.73 Å². The second kappa shape index (κ2) is 3.53. The molecule has 0 atom stereocenters. The van der Waals surface area contributed by atoms with Gasteiger partial charge in [0.1, 0.15) is 0 Å². The van der Waals surface area contributed by atoms with E-state index in [1.54, 1.807) is 0 Å². The SMILES string of the molecule is Nc1ccc2c(c1)CCC#CCC2.[HH]. The average molecular weight is 173 g/mol. The van der Waals surface area contributed by atoms with Crippen molar-refractivity contribution < 1.29 is 1.43 Å². The first-order valence-electron chi connectivity index (χ1n) is 4.69. The van der Waals surface area contributed by atoms with Gasteiger partial charge in [-0.15, -0.1) is 11.8 Å². The van der Waals surface area contributed by atoms with E-state index < -0.39 is 0 Å². The maximum Gasteiger partial charge on any atom is 0.0316 e. The van der Waals surface area contributed by atoms with Crippen molar-refractivity contribution in [2.24, 2.45) is 0 Å². The molecule has 1 aromatic carbocycles. The van der Waals surface area contributed by atoms with Crippen molar-refractivity contribution in [1.29, 1.82) is 0 Å². The Balaban J connectivity index is 0.000000980. The first-order chi connectivity index (χ1) is 6.36. The van der Waals surface area contributed by atoms with Crippen LogP contribution in [-0.2, 0) is 12.8 Å². The van der Waals surface area contributed by atoms with Gasteiger partial charge in [-0.1, -0.05) is 6.07 Å². The molecule has 1 aliphatic rings. The molecular formula is C12H15N. The second-order valence-corrected chi connectivity index (χ2v) is 3.38. The normalized spacial score (nSPS) is 14.8. The Hall–Kier alpha value is -1.42. The third kappa shape index (κ3) is 1.84. The van der Waals surface area contributed by atoms with Crippen LogP contribution in [0.15, 0.2) is 18.2 Å². The fraction of sp³-hybridized carbons (Fsp3) is 0.333. The van der Waals surface area contributed by atoms with E-state index in [0.29, 0.717) is 0 Å². The Morgan fingerprint density at radius 1 is 1.08 bits per heavy atom. The van der Waals surface area contributed by atoms with E-state index in [0.717, 1.165) is 31.4 Å². The van der Waals surface area contributed by atoms with Crippen molar-refractivity contribution in [1.82, 2.24) is 0 Å². The summed E-state index contributed by atoms with van der Waals surface area (Å²) in [6, 6.07) is 6.20. The minimum Gasteiger partial charge on any atom is -0.399 e. The van der Waals surface area contributed by atoms with Crippen molar-refractivity contribution in [3.63, 3.8) is 0 Å². The lowest BCUT2D eigenvalue weighted by Crippen LogP contribution is -1.98. The lowest BCUT2D eigenvalue weighted by Gasteiger charge is -2.09. The quantitative estimate of drug-likeness (QED) is 0.473. The largest absolute Gasteiger partial charge is 0.399 e. The van der Waals surface area contributed by atoms with Gasteiger partial charge in [0.25, 0.3) is 0 Å². The monoisotopic (exact) mass is 173 g/mol. The number of nitrogens with two attached hydrogens (primary N) is 1. The first kappa shape index (κ1) is 8.19. The molecule has 1 aromatic rings. The van der Waals surface area contributed by atoms with Crippen LogP contribution in [-0.4, -0.2) is 0 Å². The Bertz CT molecular complexity index is 374. The summed E-state index contributed by atoms with van der Waals surface area (Å²) in [5.41, 5.74) is 9.41. The average Bonchev–Trinajstić information content (AvgIpc) is 2.08. The highest BCUT2D eigenvalue weighted by Crippen LogP contribution is 2.18. The van der Waals surface area contributed by atoms with E-state index in [9.17, 15) is 0 Å². The second-order valence-electron chi connectivity index (χ2n) is 3.38. The molecule has 1 heteroatoms. The maximum atomic E-state index is 5.74. The molecule has 0 aromatic heterocycles. The molecule has 13 heavy (non-hydrogen) atoms. The third-order valence-corrected chi connectivity index (χ3v) is 2.39. The zero-order valence-electron chi connectivity index (χ0n) is 7.64. The van der Waals surface area contributed by atoms with E-state index in [1.165, 1.54) is 11.1 Å². The van der Waals surface area contributed by atoms with Crippen LogP contribution in [0.4, 0.5) is 5.69 Å². The molecule has 0 saturated heterocycles. The number of nitrogen functional groups attached to an aromatic ring is 1. The van der Waals surface area contributed by atoms with Crippen LogP contribution in [0, 0.1) is 11.8 Å². The summed E-state index contributed by atoms with van der Waals surface area (Å²) in [7, 11) is 0. The zero-order chi connectivity index (χ0) is 9.10. The van der Waals surface area contributed by atoms with E-state index in [1.807, 2.05) is 6.07 Å². The van der Waals surface area contributed by atoms with Crippen LogP contribution in [0.25, 0.3) is 0 Å². The van der Waals surface area contributed by atoms with Crippen molar-refractivity contribution >= 4 is 5.69 Å². The highest BCUT2D eigenvalue weighted by molar-refractivity contribution is 5.45. The van der Waals surface area contributed by atoms with Crippen molar-refractivity contribution in [3.05, 3.63) is 29.3 Å². The summed E-state index contributed by atoms with van der Waals surface area (Å²) in [6.07, 6.45) is 4.07. The summed E-state index contributed by atoms with van der Waals surface area (Å²) in [4.78, 5) is 0. The molecule has 0 fully saturated rings. The molecule has 68 valence electrons. The molecule has 0 heterocycles. The molecule has 1 aliphatic carbocycles. The van der Waals surface area contributed by atoms with Gasteiger partial charge in [-0.05, 0) is 36.1 Å². The number of aryl methyl sites for hydroxylation is 2. The fourth-order valence-corrected chi connectivity index (χ4v) is 1.69. The number of fused-ring (bicyclic) bond motifs is 1. The number of rotatable bonds is 0. The molecular weight excluding hydrogens is 158 g/mol. The third-order valence-electron chi connectivity index (χ3n) is 2.39. The van der Waals surface area contributed by atoms with Gasteiger partial charge in [-0.2, -0.15) is 0 Å². The van der Waals surface area contributed by atoms with E-state index >= 15 is 0 Å². The smallest absolute Gasteiger partial charge is 0.0316 e. The Morgan fingerprint density at radius 3 is 2.54 bits per heavy atom. The lowest BCUT2D eigenvalue weighted by molar-refractivity contribution is 0.928. The van der Waals surface area contributed by atoms with Gasteiger partial charge < -0.3 is 5.73 Å². The number of hydrogen-bond acceptors (Lipinski definition) is 1. The Labute approximate surface area is 80.4 Å². The van der Waals surface area contributed by atoms with Crippen LogP contribution in [0.2, 0.25) is 0 Å². The summed E-state index contributed by atoms with van der Waals surface area (Å²) >= 11 is 0. The molecule has 0 saturated carbocycles. The van der Waals surface area contributed by atoms with Crippen LogP contribution < -0.4 is 5.73 Å². The standard InChI is InChI=1S/C12H13N.H2/c13-12-8-7-10-5-3-1-2-4-6-11(10)9-12;/h7-9H,3-6,13H2;1H. The van der Waals surface area contributed by atoms with E-state index in [4.69, 9.17) is 5.73 Å². The highest BCUT2D eigenvalue weighted by atomic mass is 14.5. The van der Waals surface area contributed by atoms with Crippen LogP contribution >= 0.6 is 0 Å². The molecule has 0 unspecified atom stereocenters. The minimum absolute atomic E-state index is 0. The van der Waals surface area contributed by atoms with Gasteiger partial charge in [-0.25, -0.2) is 0 Å². The van der Waals surface area contributed by atoms with E-state index in [2.05, 4.69) is 24.0 Å². The molecule has 2 rings (SSSR count). The van der Waals surface area contributed by atoms with Gasteiger partial charge in [0, 0.05) is 20.0 Å². The molecule has 2 N–H and O–H groups in total. The summed E-state index contributed by atoms with van der Waals surface area (Å²) in [5.74, 6) is 6.32. The molecule has 0 aliphatic heterocycles. The topological polar surface area (TPSA) is 26.0 Å². The first-order valence-corrected chi connectivity index (χ1v) is 4.69. The molecule has 0 spiro atoms. The molecule has 0 radical (unpaired) electrons. The molecule has 1 nitrogen and oxygen atoms in total. The Morgan fingerprint density at radius 2 is 1.77 bits per heavy atom. The molecule has 0 bridgehead atoms. The lowest BCUT2D eigenvalue weighted by atomic mass is 9.97. The number of anilines is 1. The van der Waals surface area contributed by atoms with Crippen LogP contribution in [0.1, 0.15) is 25.4 Å². The maximum absolute atomic E-state index is 5.74. The van der Waals surface area contributed by atoms with Gasteiger partial charge in [0.15, 0.2) is 0 Å². The Kier molecular flexibility index (Phi) is 2.23. The fourth-order valence-electron chi connectivity index (χ4n) is 1.69. The van der Waals surface area contributed by atoms with Crippen LogP contribution in [0.3, 0.4) is 0 Å². The zero-order valence-corrected chi connectivity index (χ0v) is 7.64. The molecule has 0 amide bonds. The van der Waals surface area contributed by atoms with E-state index in [-0.39, 0.29) is 1.43 Å². The predicted molar refractivity (Wildman–Crippen MR) is 57.4 cm³/mol. The number of benzene rings is 1. The summed E-state index contributed by atoms with van der Waals surface area (Å²) in [5, 5.41) is 0. The van der Waals surface area contributed by atoms with Gasteiger partial charge in [-0.3, -0.25) is 0 Å². The van der Waals surface area contributed by atoms with Gasteiger partial charge in [0.2, 0.25) is 0 Å². The predicted octanol–water partition coefficient (Wildman–Crippen LogP) is 2.40. The summed E-state index contributed by atoms with van der Waals surface area (Å²) < 4.78 is 0. The minimum atomic E-state index is 0. The van der Waals surface area contributed by atoms with Crippen molar-refractivity contribution in [2.45, 2.75) is 25.7 Å².